The van der Waals surface area contributed by atoms with Gasteiger partial charge in [-0.2, -0.15) is 0 Å². The second kappa shape index (κ2) is 13.6. The van der Waals surface area contributed by atoms with Crippen LogP contribution in [-0.4, -0.2) is 50.7 Å². The van der Waals surface area contributed by atoms with E-state index in [1.807, 2.05) is 30.3 Å². The van der Waals surface area contributed by atoms with Crippen molar-refractivity contribution in [2.45, 2.75) is 83.6 Å². The van der Waals surface area contributed by atoms with Crippen molar-refractivity contribution in [2.24, 2.45) is 0 Å². The summed E-state index contributed by atoms with van der Waals surface area (Å²) in [4.78, 5) is 43.1. The first-order chi connectivity index (χ1) is 20.4. The zero-order valence-electron chi connectivity index (χ0n) is 25.2. The number of rotatable bonds is 10. The molecule has 1 aliphatic rings. The molecular formula is C34H41N3O6. The summed E-state index contributed by atoms with van der Waals surface area (Å²) in [5, 5.41) is 26.6. The van der Waals surface area contributed by atoms with Gasteiger partial charge in [0, 0.05) is 24.6 Å². The Bertz CT molecular complexity index is 1410. The molecule has 0 heterocycles. The van der Waals surface area contributed by atoms with E-state index in [2.05, 4.69) is 10.6 Å². The highest BCUT2D eigenvalue weighted by atomic mass is 16.6. The van der Waals surface area contributed by atoms with Crippen molar-refractivity contribution in [3.8, 4) is 11.5 Å². The summed E-state index contributed by atoms with van der Waals surface area (Å²) in [7, 11) is 0. The summed E-state index contributed by atoms with van der Waals surface area (Å²) in [6.07, 6.45) is 1.58. The monoisotopic (exact) mass is 587 g/mol. The van der Waals surface area contributed by atoms with Crippen LogP contribution in [0.3, 0.4) is 0 Å². The number of benzene rings is 3. The zero-order valence-corrected chi connectivity index (χ0v) is 25.2. The molecule has 0 bridgehead atoms. The molecule has 2 unspecified atom stereocenters. The number of carbonyl (C=O) groups is 3. The number of para-hydroxylation sites is 1. The Balaban J connectivity index is 1.74. The number of aromatic hydroxyl groups is 2. The van der Waals surface area contributed by atoms with E-state index in [0.717, 1.165) is 12.0 Å². The molecule has 0 radical (unpaired) electrons. The van der Waals surface area contributed by atoms with Gasteiger partial charge in [-0.1, -0.05) is 60.7 Å². The quantitative estimate of drug-likeness (QED) is 0.256. The number of amides is 3. The highest BCUT2D eigenvalue weighted by Gasteiger charge is 2.43. The zero-order chi connectivity index (χ0) is 31.1. The average molecular weight is 588 g/mol. The predicted molar refractivity (Wildman–Crippen MR) is 163 cm³/mol. The number of nitrogens with one attached hydrogen (secondary N) is 2. The number of phenolic OH excluding ortho intramolecular Hbond substituents is 2. The number of hydrogen-bond acceptors (Lipinski definition) is 6. The SMILES string of the molecule is Cc1cccc(C(C(=O)NCc2ccccc2)N(C(=O)C(Cc2ccc(O)cc2)NC(=O)OC(C)(C)C)C2CCC2)c1O. The molecule has 0 spiro atoms. The maximum absolute atomic E-state index is 14.6. The third-order valence-corrected chi connectivity index (χ3v) is 7.49. The van der Waals surface area contributed by atoms with Crippen LogP contribution >= 0.6 is 0 Å². The van der Waals surface area contributed by atoms with Crippen molar-refractivity contribution in [1.82, 2.24) is 15.5 Å². The van der Waals surface area contributed by atoms with Gasteiger partial charge in [-0.15, -0.1) is 0 Å². The van der Waals surface area contributed by atoms with Crippen LogP contribution in [0.2, 0.25) is 0 Å². The Morgan fingerprint density at radius 3 is 2.21 bits per heavy atom. The van der Waals surface area contributed by atoms with Crippen molar-refractivity contribution in [3.63, 3.8) is 0 Å². The van der Waals surface area contributed by atoms with Gasteiger partial charge in [-0.3, -0.25) is 9.59 Å². The second-order valence-corrected chi connectivity index (χ2v) is 12.0. The molecule has 1 saturated carbocycles. The third kappa shape index (κ3) is 8.28. The number of carbonyl (C=O) groups excluding carboxylic acids is 3. The lowest BCUT2D eigenvalue weighted by atomic mass is 9.87. The van der Waals surface area contributed by atoms with Gasteiger partial charge in [0.1, 0.15) is 29.2 Å². The maximum Gasteiger partial charge on any atom is 0.408 e. The molecule has 1 fully saturated rings. The Morgan fingerprint density at radius 2 is 1.60 bits per heavy atom. The Kier molecular flexibility index (Phi) is 9.95. The number of ether oxygens (including phenoxy) is 1. The molecule has 4 rings (SSSR count). The van der Waals surface area contributed by atoms with E-state index in [1.165, 1.54) is 17.0 Å². The Hall–Kier alpha value is -4.53. The fourth-order valence-electron chi connectivity index (χ4n) is 5.08. The van der Waals surface area contributed by atoms with Crippen LogP contribution in [0.4, 0.5) is 4.79 Å². The fraction of sp³-hybridized carbons (Fsp3) is 0.382. The minimum atomic E-state index is -1.15. The van der Waals surface area contributed by atoms with E-state index in [4.69, 9.17) is 4.74 Å². The Morgan fingerprint density at radius 1 is 0.930 bits per heavy atom. The summed E-state index contributed by atoms with van der Waals surface area (Å²) >= 11 is 0. The van der Waals surface area contributed by atoms with Crippen LogP contribution in [-0.2, 0) is 27.3 Å². The van der Waals surface area contributed by atoms with Gasteiger partial charge in [0.25, 0.3) is 0 Å². The van der Waals surface area contributed by atoms with Crippen molar-refractivity contribution >= 4 is 17.9 Å². The lowest BCUT2D eigenvalue weighted by Crippen LogP contribution is -2.58. The predicted octanol–water partition coefficient (Wildman–Crippen LogP) is 5.28. The molecule has 3 amide bonds. The lowest BCUT2D eigenvalue weighted by Gasteiger charge is -2.43. The molecule has 4 N–H and O–H groups in total. The van der Waals surface area contributed by atoms with Crippen molar-refractivity contribution < 1.29 is 29.3 Å². The smallest absolute Gasteiger partial charge is 0.408 e. The molecule has 3 aromatic carbocycles. The van der Waals surface area contributed by atoms with E-state index in [-0.39, 0.29) is 30.5 Å². The van der Waals surface area contributed by atoms with Gasteiger partial charge in [0.2, 0.25) is 11.8 Å². The minimum Gasteiger partial charge on any atom is -0.508 e. The first-order valence-corrected chi connectivity index (χ1v) is 14.6. The summed E-state index contributed by atoms with van der Waals surface area (Å²) in [5.41, 5.74) is 1.68. The molecular weight excluding hydrogens is 546 g/mol. The van der Waals surface area contributed by atoms with Crippen LogP contribution in [0.5, 0.6) is 11.5 Å². The Labute approximate surface area is 252 Å². The number of nitrogens with zero attached hydrogens (tertiary/aromatic N) is 1. The van der Waals surface area contributed by atoms with Crippen LogP contribution in [0.1, 0.15) is 68.3 Å². The molecule has 43 heavy (non-hydrogen) atoms. The van der Waals surface area contributed by atoms with Gasteiger partial charge in [0.05, 0.1) is 0 Å². The van der Waals surface area contributed by atoms with Crippen molar-refractivity contribution in [2.75, 3.05) is 0 Å². The second-order valence-electron chi connectivity index (χ2n) is 12.0. The topological polar surface area (TPSA) is 128 Å². The fourth-order valence-corrected chi connectivity index (χ4v) is 5.08. The molecule has 0 aromatic heterocycles. The summed E-state index contributed by atoms with van der Waals surface area (Å²) in [6.45, 7) is 7.18. The molecule has 228 valence electrons. The first-order valence-electron chi connectivity index (χ1n) is 14.6. The van der Waals surface area contributed by atoms with Crippen molar-refractivity contribution in [3.05, 3.63) is 95.1 Å². The van der Waals surface area contributed by atoms with Gasteiger partial charge in [0.15, 0.2) is 0 Å². The average Bonchev–Trinajstić information content (AvgIpc) is 2.92. The minimum absolute atomic E-state index is 0.0605. The summed E-state index contributed by atoms with van der Waals surface area (Å²) < 4.78 is 5.49. The largest absolute Gasteiger partial charge is 0.508 e. The first kappa shape index (κ1) is 31.4. The van der Waals surface area contributed by atoms with Gasteiger partial charge >= 0.3 is 6.09 Å². The van der Waals surface area contributed by atoms with Crippen molar-refractivity contribution in [1.29, 1.82) is 0 Å². The number of aryl methyl sites for hydroxylation is 1. The van der Waals surface area contributed by atoms with E-state index in [9.17, 15) is 24.6 Å². The molecule has 0 saturated heterocycles. The molecule has 9 nitrogen and oxygen atoms in total. The maximum atomic E-state index is 14.6. The van der Waals surface area contributed by atoms with E-state index >= 15 is 0 Å². The highest BCUT2D eigenvalue weighted by molar-refractivity contribution is 5.93. The summed E-state index contributed by atoms with van der Waals surface area (Å²) in [5.74, 6) is -0.891. The number of phenols is 2. The highest BCUT2D eigenvalue weighted by Crippen LogP contribution is 2.38. The lowest BCUT2D eigenvalue weighted by molar-refractivity contribution is -0.147. The standard InChI is InChI=1S/C34H41N3O6/c1-22-10-8-15-27(30(22)39)29(31(40)35-21-24-11-6-5-7-12-24)37(25-13-9-14-25)32(41)28(36-33(42)43-34(2,3)4)20-23-16-18-26(38)19-17-23/h5-8,10-12,15-19,25,28-29,38-39H,9,13-14,20-21H2,1-4H3,(H,35,40)(H,36,42). The molecule has 1 aliphatic carbocycles. The van der Waals surface area contributed by atoms with Gasteiger partial charge in [-0.05, 0) is 75.8 Å². The normalized spacial score (nSPS) is 14.6. The van der Waals surface area contributed by atoms with Crippen LogP contribution in [0.15, 0.2) is 72.8 Å². The van der Waals surface area contributed by atoms with Gasteiger partial charge in [-0.25, -0.2) is 4.79 Å². The third-order valence-electron chi connectivity index (χ3n) is 7.49. The van der Waals surface area contributed by atoms with Crippen LogP contribution in [0, 0.1) is 6.92 Å². The number of alkyl carbamates (subject to hydrolysis) is 1. The molecule has 2 atom stereocenters. The van der Waals surface area contributed by atoms with E-state index in [1.54, 1.807) is 58.0 Å². The molecule has 0 aliphatic heterocycles. The molecule has 3 aromatic rings. The number of hydrogen-bond donors (Lipinski definition) is 4. The molecule has 9 heteroatoms. The van der Waals surface area contributed by atoms with Gasteiger partial charge < -0.3 is 30.5 Å². The summed E-state index contributed by atoms with van der Waals surface area (Å²) in [6, 6.07) is 18.5. The van der Waals surface area contributed by atoms with Crippen LogP contribution in [0.25, 0.3) is 0 Å². The van der Waals surface area contributed by atoms with E-state index < -0.39 is 35.6 Å². The van der Waals surface area contributed by atoms with Crippen LogP contribution < -0.4 is 10.6 Å². The van der Waals surface area contributed by atoms with E-state index in [0.29, 0.717) is 29.5 Å².